The lowest BCUT2D eigenvalue weighted by molar-refractivity contribution is 0.0949. The molecule has 0 aliphatic heterocycles. The van der Waals surface area contributed by atoms with E-state index in [0.717, 1.165) is 18.5 Å². The number of hydrogen-bond donors (Lipinski definition) is 3. The van der Waals surface area contributed by atoms with Crippen molar-refractivity contribution in [2.45, 2.75) is 62.8 Å². The standard InChI is InChI=1S/C13H23N5O/c14-11(9-4-2-1-3-5-9)10-8-18(17-16-10)13(6-7-13)12(15)19/h8-9,11-12,19H,1-7,14-15H2. The van der Waals surface area contributed by atoms with Crippen molar-refractivity contribution < 1.29 is 5.11 Å². The van der Waals surface area contributed by atoms with Gasteiger partial charge in [-0.15, -0.1) is 5.10 Å². The average Bonchev–Trinajstić information content (AvgIpc) is 3.11. The van der Waals surface area contributed by atoms with Gasteiger partial charge in [0.1, 0.15) is 11.8 Å². The largest absolute Gasteiger partial charge is 0.376 e. The van der Waals surface area contributed by atoms with Crippen molar-refractivity contribution in [3.63, 3.8) is 0 Å². The molecule has 0 aromatic carbocycles. The monoisotopic (exact) mass is 265 g/mol. The van der Waals surface area contributed by atoms with E-state index in [2.05, 4.69) is 10.3 Å². The molecule has 2 atom stereocenters. The van der Waals surface area contributed by atoms with Crippen molar-refractivity contribution in [2.75, 3.05) is 0 Å². The molecular formula is C13H23N5O. The van der Waals surface area contributed by atoms with E-state index in [9.17, 15) is 5.11 Å². The van der Waals surface area contributed by atoms with Crippen LogP contribution >= 0.6 is 0 Å². The molecule has 1 aromatic rings. The molecule has 2 aliphatic rings. The van der Waals surface area contributed by atoms with Crippen molar-refractivity contribution in [1.29, 1.82) is 0 Å². The summed E-state index contributed by atoms with van der Waals surface area (Å²) in [5.41, 5.74) is 12.3. The Morgan fingerprint density at radius 1 is 1.26 bits per heavy atom. The highest BCUT2D eigenvalue weighted by Gasteiger charge is 2.51. The maximum atomic E-state index is 9.65. The van der Waals surface area contributed by atoms with Crippen LogP contribution in [0.4, 0.5) is 0 Å². The molecule has 2 aliphatic carbocycles. The fraction of sp³-hybridized carbons (Fsp3) is 0.846. The Labute approximate surface area is 113 Å². The molecule has 5 N–H and O–H groups in total. The fourth-order valence-electron chi connectivity index (χ4n) is 3.17. The van der Waals surface area contributed by atoms with Gasteiger partial charge in [-0.1, -0.05) is 24.5 Å². The Bertz CT molecular complexity index is 434. The van der Waals surface area contributed by atoms with Gasteiger partial charge in [0.2, 0.25) is 0 Å². The van der Waals surface area contributed by atoms with Gasteiger partial charge in [-0.05, 0) is 31.6 Å². The molecule has 106 valence electrons. The maximum absolute atomic E-state index is 9.65. The first-order valence-corrected chi connectivity index (χ1v) is 7.25. The van der Waals surface area contributed by atoms with Crippen LogP contribution in [0.25, 0.3) is 0 Å². The second kappa shape index (κ2) is 4.85. The SMILES string of the molecule is NC(c1cn(C2(C(N)O)CC2)nn1)C1CCCCC1. The van der Waals surface area contributed by atoms with Gasteiger partial charge in [0.05, 0.1) is 17.9 Å². The summed E-state index contributed by atoms with van der Waals surface area (Å²) in [6, 6.07) is -0.0419. The zero-order valence-electron chi connectivity index (χ0n) is 11.2. The number of aliphatic hydroxyl groups is 1. The van der Waals surface area contributed by atoms with E-state index in [1.807, 2.05) is 6.20 Å². The third kappa shape index (κ3) is 2.28. The quantitative estimate of drug-likeness (QED) is 0.693. The second-order valence-electron chi connectivity index (χ2n) is 6.06. The lowest BCUT2D eigenvalue weighted by Crippen LogP contribution is -2.39. The Hall–Kier alpha value is -0.980. The van der Waals surface area contributed by atoms with Crippen LogP contribution in [0.5, 0.6) is 0 Å². The first-order valence-electron chi connectivity index (χ1n) is 7.25. The van der Waals surface area contributed by atoms with Crippen LogP contribution < -0.4 is 11.5 Å². The molecule has 0 amide bonds. The molecule has 0 radical (unpaired) electrons. The minimum atomic E-state index is -0.882. The van der Waals surface area contributed by atoms with Crippen LogP contribution in [0, 0.1) is 5.92 Å². The van der Waals surface area contributed by atoms with Crippen LogP contribution in [-0.2, 0) is 5.54 Å². The fourth-order valence-corrected chi connectivity index (χ4v) is 3.17. The Balaban J connectivity index is 1.74. The first-order chi connectivity index (χ1) is 9.13. The van der Waals surface area contributed by atoms with Crippen molar-refractivity contribution in [1.82, 2.24) is 15.0 Å². The summed E-state index contributed by atoms with van der Waals surface area (Å²) in [4.78, 5) is 0. The number of nitrogens with zero attached hydrogens (tertiary/aromatic N) is 3. The Morgan fingerprint density at radius 2 is 1.95 bits per heavy atom. The second-order valence-corrected chi connectivity index (χ2v) is 6.06. The van der Waals surface area contributed by atoms with Crippen molar-refractivity contribution in [3.05, 3.63) is 11.9 Å². The lowest BCUT2D eigenvalue weighted by atomic mass is 9.83. The third-order valence-electron chi connectivity index (χ3n) is 4.78. The Morgan fingerprint density at radius 3 is 2.53 bits per heavy atom. The molecule has 6 nitrogen and oxygen atoms in total. The van der Waals surface area contributed by atoms with E-state index in [1.165, 1.54) is 32.1 Å². The number of rotatable bonds is 4. The van der Waals surface area contributed by atoms with Crippen LogP contribution in [0.1, 0.15) is 56.7 Å². The number of aliphatic hydroxyl groups excluding tert-OH is 1. The topological polar surface area (TPSA) is 103 Å². The molecule has 3 rings (SSSR count). The Kier molecular flexibility index (Phi) is 3.32. The van der Waals surface area contributed by atoms with E-state index < -0.39 is 11.8 Å². The van der Waals surface area contributed by atoms with Gasteiger partial charge in [-0.2, -0.15) is 0 Å². The van der Waals surface area contributed by atoms with Crippen LogP contribution in [0.15, 0.2) is 6.20 Å². The molecule has 0 saturated heterocycles. The molecule has 19 heavy (non-hydrogen) atoms. The van der Waals surface area contributed by atoms with Gasteiger partial charge >= 0.3 is 0 Å². The zero-order chi connectivity index (χ0) is 13.5. The predicted molar refractivity (Wildman–Crippen MR) is 70.9 cm³/mol. The lowest BCUT2D eigenvalue weighted by Gasteiger charge is -2.26. The van der Waals surface area contributed by atoms with Crippen molar-refractivity contribution >= 4 is 0 Å². The third-order valence-corrected chi connectivity index (χ3v) is 4.78. The van der Waals surface area contributed by atoms with Crippen LogP contribution in [0.3, 0.4) is 0 Å². The summed E-state index contributed by atoms with van der Waals surface area (Å²) < 4.78 is 1.72. The van der Waals surface area contributed by atoms with Gasteiger partial charge in [0.15, 0.2) is 0 Å². The molecule has 2 saturated carbocycles. The summed E-state index contributed by atoms with van der Waals surface area (Å²) in [5, 5.41) is 18.0. The summed E-state index contributed by atoms with van der Waals surface area (Å²) >= 11 is 0. The normalized spacial score (nSPS) is 26.1. The summed E-state index contributed by atoms with van der Waals surface area (Å²) in [6.45, 7) is 0. The zero-order valence-corrected chi connectivity index (χ0v) is 11.2. The first kappa shape index (κ1) is 13.0. The average molecular weight is 265 g/mol. The summed E-state index contributed by atoms with van der Waals surface area (Å²) in [6.07, 6.45) is 8.90. The molecule has 0 bridgehead atoms. The van der Waals surface area contributed by atoms with Crippen LogP contribution in [0.2, 0.25) is 0 Å². The van der Waals surface area contributed by atoms with Gasteiger partial charge < -0.3 is 16.6 Å². The molecule has 2 unspecified atom stereocenters. The van der Waals surface area contributed by atoms with E-state index in [-0.39, 0.29) is 6.04 Å². The smallest absolute Gasteiger partial charge is 0.128 e. The van der Waals surface area contributed by atoms with Crippen molar-refractivity contribution in [3.8, 4) is 0 Å². The highest BCUT2D eigenvalue weighted by atomic mass is 16.3. The molecule has 0 spiro atoms. The van der Waals surface area contributed by atoms with E-state index in [4.69, 9.17) is 11.5 Å². The van der Waals surface area contributed by atoms with Gasteiger partial charge in [-0.3, -0.25) is 0 Å². The summed E-state index contributed by atoms with van der Waals surface area (Å²) in [5.74, 6) is 0.511. The number of aromatic nitrogens is 3. The number of nitrogens with two attached hydrogens (primary N) is 2. The molecule has 6 heteroatoms. The van der Waals surface area contributed by atoms with Crippen molar-refractivity contribution in [2.24, 2.45) is 17.4 Å². The predicted octanol–water partition coefficient (Wildman–Crippen LogP) is 0.624. The van der Waals surface area contributed by atoms with E-state index in [1.54, 1.807) is 4.68 Å². The minimum absolute atomic E-state index is 0.0419. The van der Waals surface area contributed by atoms with Gasteiger partial charge in [0.25, 0.3) is 0 Å². The molecule has 1 heterocycles. The number of hydrogen-bond acceptors (Lipinski definition) is 5. The highest BCUT2D eigenvalue weighted by Crippen LogP contribution is 2.45. The van der Waals surface area contributed by atoms with E-state index >= 15 is 0 Å². The maximum Gasteiger partial charge on any atom is 0.128 e. The molecule has 2 fully saturated rings. The molecule has 1 aromatic heterocycles. The summed E-state index contributed by atoms with van der Waals surface area (Å²) in [7, 11) is 0. The van der Waals surface area contributed by atoms with Crippen LogP contribution in [-0.4, -0.2) is 26.3 Å². The van der Waals surface area contributed by atoms with Gasteiger partial charge in [-0.25, -0.2) is 4.68 Å². The highest BCUT2D eigenvalue weighted by molar-refractivity contribution is 5.09. The minimum Gasteiger partial charge on any atom is -0.376 e. The van der Waals surface area contributed by atoms with Gasteiger partial charge in [0, 0.05) is 0 Å². The van der Waals surface area contributed by atoms with E-state index in [0.29, 0.717) is 5.92 Å². The molecular weight excluding hydrogens is 242 g/mol.